The van der Waals surface area contributed by atoms with Crippen molar-refractivity contribution in [2.45, 2.75) is 20.8 Å². The Hall–Kier alpha value is -3.25. The summed E-state index contributed by atoms with van der Waals surface area (Å²) >= 11 is 0. The first-order valence-corrected chi connectivity index (χ1v) is 7.24. The molecular formula is C18H17N3O3. The average Bonchev–Trinajstić information content (AvgIpc) is 2.56. The van der Waals surface area contributed by atoms with Crippen LogP contribution in [0.5, 0.6) is 0 Å². The normalized spacial score (nSPS) is 11.1. The molecule has 0 aliphatic heterocycles. The van der Waals surface area contributed by atoms with Crippen LogP contribution in [0.2, 0.25) is 0 Å². The highest BCUT2D eigenvalue weighted by atomic mass is 16.1. The summed E-state index contributed by atoms with van der Waals surface area (Å²) in [6.45, 7) is 4.80. The molecule has 24 heavy (non-hydrogen) atoms. The molecule has 0 bridgehead atoms. The van der Waals surface area contributed by atoms with Gasteiger partial charge in [0, 0.05) is 11.1 Å². The highest BCUT2D eigenvalue weighted by Gasteiger charge is 2.25. The molecular weight excluding hydrogens is 306 g/mol. The minimum absolute atomic E-state index is 0.127. The Bertz CT molecular complexity index is 780. The molecule has 0 heterocycles. The van der Waals surface area contributed by atoms with Gasteiger partial charge in [0.1, 0.15) is 12.8 Å². The van der Waals surface area contributed by atoms with Crippen LogP contribution in [0.15, 0.2) is 29.5 Å². The van der Waals surface area contributed by atoms with Crippen molar-refractivity contribution in [1.29, 1.82) is 10.5 Å². The fourth-order valence-corrected chi connectivity index (χ4v) is 2.25. The highest BCUT2D eigenvalue weighted by Crippen LogP contribution is 2.21. The average molecular weight is 323 g/mol. The smallest absolute Gasteiger partial charge is 0.215 e. The summed E-state index contributed by atoms with van der Waals surface area (Å²) in [6.07, 6.45) is 0.871. The molecule has 0 atom stereocenters. The lowest BCUT2D eigenvalue weighted by Gasteiger charge is -2.21. The van der Waals surface area contributed by atoms with Crippen molar-refractivity contribution in [2.24, 2.45) is 5.92 Å². The van der Waals surface area contributed by atoms with Gasteiger partial charge in [0.15, 0.2) is 0 Å². The second-order valence-electron chi connectivity index (χ2n) is 5.50. The standard InChI is InChI=1S/C18H17N3O3/c1-12(2)16(10-22)17(21(11-23)5-4-19)18(24)15-7-13(3)6-14(8-15)9-20/h6-8,10-12H,5H2,1-3H3/b17-16+. The number of aryl methyl sites for hydroxylation is 1. The van der Waals surface area contributed by atoms with Gasteiger partial charge in [0.2, 0.25) is 12.2 Å². The Morgan fingerprint density at radius 2 is 1.92 bits per heavy atom. The van der Waals surface area contributed by atoms with Crippen molar-refractivity contribution in [1.82, 2.24) is 4.90 Å². The van der Waals surface area contributed by atoms with Crippen molar-refractivity contribution < 1.29 is 14.4 Å². The van der Waals surface area contributed by atoms with E-state index in [0.29, 0.717) is 23.8 Å². The van der Waals surface area contributed by atoms with E-state index in [4.69, 9.17) is 10.5 Å². The molecule has 0 unspecified atom stereocenters. The molecule has 6 heteroatoms. The lowest BCUT2D eigenvalue weighted by molar-refractivity contribution is -0.116. The number of carbonyl (C=O) groups is 3. The predicted octanol–water partition coefficient (Wildman–Crippen LogP) is 2.14. The van der Waals surface area contributed by atoms with Gasteiger partial charge in [-0.2, -0.15) is 10.5 Å². The fraction of sp³-hybridized carbons (Fsp3) is 0.278. The molecule has 0 aliphatic carbocycles. The zero-order valence-electron chi connectivity index (χ0n) is 13.7. The molecule has 1 amide bonds. The zero-order chi connectivity index (χ0) is 18.3. The van der Waals surface area contributed by atoms with Crippen LogP contribution in [0.25, 0.3) is 0 Å². The molecule has 0 saturated carbocycles. The van der Waals surface area contributed by atoms with E-state index in [9.17, 15) is 14.4 Å². The summed E-state index contributed by atoms with van der Waals surface area (Å²) in [4.78, 5) is 36.6. The Kier molecular flexibility index (Phi) is 6.58. The summed E-state index contributed by atoms with van der Waals surface area (Å²) in [5.74, 6) is -0.892. The fourth-order valence-electron chi connectivity index (χ4n) is 2.25. The van der Waals surface area contributed by atoms with Crippen LogP contribution in [-0.4, -0.2) is 29.9 Å². The maximum absolute atomic E-state index is 12.9. The van der Waals surface area contributed by atoms with Gasteiger partial charge in [-0.25, -0.2) is 0 Å². The molecule has 0 aromatic heterocycles. The van der Waals surface area contributed by atoms with E-state index in [-0.39, 0.29) is 29.3 Å². The van der Waals surface area contributed by atoms with Crippen molar-refractivity contribution >= 4 is 18.5 Å². The second kappa shape index (κ2) is 8.40. The maximum Gasteiger partial charge on any atom is 0.215 e. The number of rotatable bonds is 7. The number of ketones is 1. The number of hydrogen-bond donors (Lipinski definition) is 0. The van der Waals surface area contributed by atoms with E-state index in [2.05, 4.69) is 0 Å². The number of Topliss-reactive ketones (excluding diaryl/α,β-unsaturated/α-hetero) is 1. The number of amides is 1. The summed E-state index contributed by atoms with van der Waals surface area (Å²) in [5, 5.41) is 17.9. The first-order valence-electron chi connectivity index (χ1n) is 7.24. The van der Waals surface area contributed by atoms with Crippen LogP contribution in [-0.2, 0) is 9.59 Å². The Morgan fingerprint density at radius 3 is 2.38 bits per heavy atom. The number of allylic oxidation sites excluding steroid dienone is 2. The van der Waals surface area contributed by atoms with Crippen molar-refractivity contribution in [3.63, 3.8) is 0 Å². The molecule has 1 rings (SSSR count). The molecule has 0 radical (unpaired) electrons. The van der Waals surface area contributed by atoms with Gasteiger partial charge in [0.25, 0.3) is 0 Å². The number of nitrogens with zero attached hydrogens (tertiary/aromatic N) is 3. The Balaban J connectivity index is 3.62. The molecule has 0 fully saturated rings. The van der Waals surface area contributed by atoms with Crippen LogP contribution >= 0.6 is 0 Å². The zero-order valence-corrected chi connectivity index (χ0v) is 13.7. The molecule has 1 aromatic rings. The first kappa shape index (κ1) is 18.8. The SMILES string of the molecule is Cc1cc(C#N)cc(C(=O)/C(=C(/C=O)C(C)C)N(C=O)CC#N)c1. The first-order chi connectivity index (χ1) is 11.4. The molecule has 6 nitrogen and oxygen atoms in total. The summed E-state index contributed by atoms with van der Waals surface area (Å²) in [6, 6.07) is 8.35. The van der Waals surface area contributed by atoms with E-state index >= 15 is 0 Å². The van der Waals surface area contributed by atoms with Gasteiger partial charge < -0.3 is 0 Å². The Morgan fingerprint density at radius 1 is 1.25 bits per heavy atom. The van der Waals surface area contributed by atoms with Crippen LogP contribution in [0.4, 0.5) is 0 Å². The molecule has 0 spiro atoms. The third-order valence-electron chi connectivity index (χ3n) is 3.36. The van der Waals surface area contributed by atoms with Crippen molar-refractivity contribution in [3.8, 4) is 12.1 Å². The lowest BCUT2D eigenvalue weighted by atomic mass is 9.95. The third kappa shape index (κ3) is 4.15. The quantitative estimate of drug-likeness (QED) is 0.331. The van der Waals surface area contributed by atoms with Crippen molar-refractivity contribution in [3.05, 3.63) is 46.2 Å². The maximum atomic E-state index is 12.9. The van der Waals surface area contributed by atoms with E-state index in [0.717, 1.165) is 4.90 Å². The number of benzene rings is 1. The minimum Gasteiger partial charge on any atom is -0.298 e. The van der Waals surface area contributed by atoms with Crippen molar-refractivity contribution in [2.75, 3.05) is 6.54 Å². The molecule has 0 N–H and O–H groups in total. The summed E-state index contributed by atoms with van der Waals surface area (Å²) in [7, 11) is 0. The van der Waals surface area contributed by atoms with Gasteiger partial charge in [-0.15, -0.1) is 0 Å². The largest absolute Gasteiger partial charge is 0.298 e. The number of aldehydes is 1. The van der Waals surface area contributed by atoms with E-state index < -0.39 is 5.78 Å². The second-order valence-corrected chi connectivity index (χ2v) is 5.50. The van der Waals surface area contributed by atoms with Gasteiger partial charge in [-0.1, -0.05) is 13.8 Å². The van der Waals surface area contributed by atoms with E-state index in [1.807, 2.05) is 6.07 Å². The highest BCUT2D eigenvalue weighted by molar-refractivity contribution is 6.12. The predicted molar refractivity (Wildman–Crippen MR) is 86.5 cm³/mol. The summed E-state index contributed by atoms with van der Waals surface area (Å²) in [5.41, 5.74) is 1.18. The van der Waals surface area contributed by atoms with Crippen LogP contribution < -0.4 is 0 Å². The topological polar surface area (TPSA) is 102 Å². The Labute approximate surface area is 140 Å². The van der Waals surface area contributed by atoms with Gasteiger partial charge in [0.05, 0.1) is 23.4 Å². The monoisotopic (exact) mass is 323 g/mol. The number of hydrogen-bond acceptors (Lipinski definition) is 5. The van der Waals surface area contributed by atoms with Gasteiger partial charge in [-0.3, -0.25) is 19.3 Å². The van der Waals surface area contributed by atoms with Crippen LogP contribution in [0.3, 0.4) is 0 Å². The molecule has 0 aliphatic rings. The molecule has 0 saturated heterocycles. The van der Waals surface area contributed by atoms with Crippen LogP contribution in [0, 0.1) is 35.5 Å². The van der Waals surface area contributed by atoms with Crippen LogP contribution in [0.1, 0.15) is 35.3 Å². The number of carbonyl (C=O) groups excluding carboxylic acids is 3. The molecule has 1 aromatic carbocycles. The lowest BCUT2D eigenvalue weighted by Crippen LogP contribution is -2.30. The minimum atomic E-state index is -0.576. The van der Waals surface area contributed by atoms with E-state index in [1.165, 1.54) is 6.07 Å². The van der Waals surface area contributed by atoms with Gasteiger partial charge in [-0.05, 0) is 36.6 Å². The third-order valence-corrected chi connectivity index (χ3v) is 3.36. The number of nitriles is 2. The summed E-state index contributed by atoms with van der Waals surface area (Å²) < 4.78 is 0. The molecule has 122 valence electrons. The van der Waals surface area contributed by atoms with Gasteiger partial charge >= 0.3 is 0 Å². The van der Waals surface area contributed by atoms with E-state index in [1.54, 1.807) is 39.0 Å².